The van der Waals surface area contributed by atoms with Crippen molar-refractivity contribution in [2.75, 3.05) is 12.0 Å². The molecule has 0 unspecified atom stereocenters. The van der Waals surface area contributed by atoms with Gasteiger partial charge < -0.3 is 20.1 Å². The zero-order chi connectivity index (χ0) is 26.7. The highest BCUT2D eigenvalue weighted by atomic mass is 19.1. The van der Waals surface area contributed by atoms with E-state index in [2.05, 4.69) is 37.3 Å². The molecule has 1 aromatic carbocycles. The number of piperidine rings is 2. The van der Waals surface area contributed by atoms with Gasteiger partial charge in [0.05, 0.1) is 24.9 Å². The van der Waals surface area contributed by atoms with Gasteiger partial charge in [-0.3, -0.25) is 0 Å². The van der Waals surface area contributed by atoms with Crippen LogP contribution < -0.4 is 15.0 Å². The first kappa shape index (κ1) is 24.9. The molecule has 0 spiro atoms. The first-order chi connectivity index (χ1) is 18.2. The second-order valence-corrected chi connectivity index (χ2v) is 11.4. The number of anilines is 1. The van der Waals surface area contributed by atoms with Crippen LogP contribution in [0.15, 0.2) is 36.7 Å². The molecule has 1 saturated carbocycles. The Morgan fingerprint density at radius 2 is 1.89 bits per heavy atom. The Kier molecular flexibility index (Phi) is 5.97. The van der Waals surface area contributed by atoms with E-state index in [0.29, 0.717) is 28.9 Å². The molecule has 8 nitrogen and oxygen atoms in total. The number of aromatic hydroxyl groups is 1. The number of fused-ring (bicyclic) bond motifs is 2. The number of hydrogen-bond acceptors (Lipinski definition) is 8. The summed E-state index contributed by atoms with van der Waals surface area (Å²) in [7, 11) is 1.35. The summed E-state index contributed by atoms with van der Waals surface area (Å²) in [5, 5.41) is 23.1. The van der Waals surface area contributed by atoms with Gasteiger partial charge in [-0.05, 0) is 76.1 Å². The molecule has 3 aromatic rings. The van der Waals surface area contributed by atoms with Gasteiger partial charge in [0.1, 0.15) is 11.9 Å². The standard InChI is InChI=1S/C28H32F2N6O2/c1-27-9-4-10-28(2,35-27)24(30)21(13-27)36(18-6-7-18)23-15-31-25(34-33-23)19-8-5-16(12-22(19)37)17-11-20(29)26(38-3)32-14-17/h5,8,11-12,14-15,18,21,24,35,37H,4,6-7,9-10,13H2,1-3H3/t21-,24-,27-,28+/m0/s1. The fraction of sp³-hybridized carbons (Fsp3) is 0.500. The quantitative estimate of drug-likeness (QED) is 0.476. The molecule has 2 N–H and O–H groups in total. The van der Waals surface area contributed by atoms with Crippen LogP contribution in [0.2, 0.25) is 0 Å². The molecule has 4 heterocycles. The van der Waals surface area contributed by atoms with E-state index in [0.717, 1.165) is 32.1 Å². The van der Waals surface area contributed by atoms with Gasteiger partial charge in [-0.15, -0.1) is 10.2 Å². The molecule has 4 atom stereocenters. The number of nitrogens with zero attached hydrogens (tertiary/aromatic N) is 5. The number of aromatic nitrogens is 4. The van der Waals surface area contributed by atoms with Gasteiger partial charge in [-0.2, -0.15) is 0 Å². The number of hydrogen-bond donors (Lipinski definition) is 2. The lowest BCUT2D eigenvalue weighted by atomic mass is 9.68. The van der Waals surface area contributed by atoms with E-state index in [1.165, 1.54) is 25.4 Å². The third kappa shape index (κ3) is 4.34. The van der Waals surface area contributed by atoms with Crippen LogP contribution in [0.1, 0.15) is 52.4 Å². The molecule has 3 fully saturated rings. The van der Waals surface area contributed by atoms with Gasteiger partial charge in [0, 0.05) is 28.9 Å². The van der Waals surface area contributed by atoms with Crippen molar-refractivity contribution in [2.24, 2.45) is 0 Å². The van der Waals surface area contributed by atoms with Crippen molar-refractivity contribution in [1.29, 1.82) is 0 Å². The Bertz CT molecular complexity index is 1350. The van der Waals surface area contributed by atoms with Crippen LogP contribution in [-0.2, 0) is 0 Å². The third-order valence-corrected chi connectivity index (χ3v) is 8.30. The molecule has 10 heteroatoms. The number of phenolic OH excluding ortho intramolecular Hbond substituents is 1. The molecule has 2 bridgehead atoms. The average molecular weight is 523 g/mol. The second-order valence-electron chi connectivity index (χ2n) is 11.4. The van der Waals surface area contributed by atoms with Crippen molar-refractivity contribution in [1.82, 2.24) is 25.5 Å². The zero-order valence-corrected chi connectivity index (χ0v) is 21.8. The van der Waals surface area contributed by atoms with E-state index in [9.17, 15) is 9.50 Å². The summed E-state index contributed by atoms with van der Waals surface area (Å²) < 4.78 is 35.0. The summed E-state index contributed by atoms with van der Waals surface area (Å²) in [6.45, 7) is 4.20. The minimum absolute atomic E-state index is 0.0665. The van der Waals surface area contributed by atoms with Crippen LogP contribution in [0.5, 0.6) is 11.6 Å². The minimum atomic E-state index is -1.04. The van der Waals surface area contributed by atoms with E-state index >= 15 is 4.39 Å². The predicted molar refractivity (Wildman–Crippen MR) is 139 cm³/mol. The van der Waals surface area contributed by atoms with E-state index < -0.39 is 17.5 Å². The number of nitrogens with one attached hydrogen (secondary N) is 1. The average Bonchev–Trinajstić information content (AvgIpc) is 3.73. The van der Waals surface area contributed by atoms with Crippen LogP contribution in [0, 0.1) is 5.82 Å². The Morgan fingerprint density at radius 3 is 2.55 bits per heavy atom. The van der Waals surface area contributed by atoms with Crippen molar-refractivity contribution in [3.05, 3.63) is 42.5 Å². The monoisotopic (exact) mass is 522 g/mol. The van der Waals surface area contributed by atoms with Crippen molar-refractivity contribution < 1.29 is 18.6 Å². The Balaban J connectivity index is 1.27. The zero-order valence-electron chi connectivity index (χ0n) is 21.8. The smallest absolute Gasteiger partial charge is 0.250 e. The van der Waals surface area contributed by atoms with Crippen LogP contribution in [0.25, 0.3) is 22.5 Å². The lowest BCUT2D eigenvalue weighted by molar-refractivity contribution is 0.000258. The first-order valence-corrected chi connectivity index (χ1v) is 13.1. The fourth-order valence-electron chi connectivity index (χ4n) is 6.37. The summed E-state index contributed by atoms with van der Waals surface area (Å²) in [6, 6.07) is 6.14. The Labute approximate surface area is 220 Å². The van der Waals surface area contributed by atoms with Crippen molar-refractivity contribution in [2.45, 2.75) is 81.7 Å². The van der Waals surface area contributed by atoms with E-state index in [1.807, 2.05) is 6.92 Å². The largest absolute Gasteiger partial charge is 0.507 e. The van der Waals surface area contributed by atoms with Gasteiger partial charge >= 0.3 is 0 Å². The highest BCUT2D eigenvalue weighted by molar-refractivity contribution is 5.72. The molecular formula is C28H32F2N6O2. The van der Waals surface area contributed by atoms with Crippen molar-refractivity contribution >= 4 is 5.82 Å². The number of ether oxygens (including phenoxy) is 1. The van der Waals surface area contributed by atoms with E-state index in [4.69, 9.17) is 4.74 Å². The molecule has 3 aliphatic rings. The third-order valence-electron chi connectivity index (χ3n) is 8.30. The van der Waals surface area contributed by atoms with Crippen LogP contribution in [-0.4, -0.2) is 61.7 Å². The molecule has 0 radical (unpaired) electrons. The van der Waals surface area contributed by atoms with Gasteiger partial charge in [0.2, 0.25) is 5.88 Å². The number of alkyl halides is 1. The highest BCUT2D eigenvalue weighted by Gasteiger charge is 2.55. The van der Waals surface area contributed by atoms with Gasteiger partial charge in [-0.1, -0.05) is 6.07 Å². The minimum Gasteiger partial charge on any atom is -0.507 e. The normalized spacial score (nSPS) is 28.7. The predicted octanol–water partition coefficient (Wildman–Crippen LogP) is 4.82. The fourth-order valence-corrected chi connectivity index (χ4v) is 6.37. The molecule has 38 heavy (non-hydrogen) atoms. The summed E-state index contributed by atoms with van der Waals surface area (Å²) in [5.74, 6) is 0.0674. The van der Waals surface area contributed by atoms with Crippen LogP contribution in [0.3, 0.4) is 0 Å². The van der Waals surface area contributed by atoms with Crippen LogP contribution in [0.4, 0.5) is 14.6 Å². The highest BCUT2D eigenvalue weighted by Crippen LogP contribution is 2.46. The maximum atomic E-state index is 16.0. The summed E-state index contributed by atoms with van der Waals surface area (Å²) in [6.07, 6.45) is 7.64. The van der Waals surface area contributed by atoms with Gasteiger partial charge in [0.15, 0.2) is 17.5 Å². The lowest BCUT2D eigenvalue weighted by Gasteiger charge is -2.57. The molecule has 1 aliphatic carbocycles. The number of halogens is 2. The maximum Gasteiger partial charge on any atom is 0.250 e. The molecule has 0 amide bonds. The molecule has 2 aliphatic heterocycles. The summed E-state index contributed by atoms with van der Waals surface area (Å²) >= 11 is 0. The summed E-state index contributed by atoms with van der Waals surface area (Å²) in [5.41, 5.74) is 0.809. The topological polar surface area (TPSA) is 96.3 Å². The number of rotatable bonds is 6. The lowest BCUT2D eigenvalue weighted by Crippen LogP contribution is -2.73. The second kappa shape index (κ2) is 9.11. The molecule has 2 aromatic heterocycles. The Hall–Kier alpha value is -3.40. The van der Waals surface area contributed by atoms with Gasteiger partial charge in [-0.25, -0.2) is 18.7 Å². The maximum absolute atomic E-state index is 16.0. The number of methoxy groups -OCH3 is 1. The van der Waals surface area contributed by atoms with Gasteiger partial charge in [0.25, 0.3) is 0 Å². The summed E-state index contributed by atoms with van der Waals surface area (Å²) in [4.78, 5) is 10.6. The molecule has 2 saturated heterocycles. The first-order valence-electron chi connectivity index (χ1n) is 13.1. The van der Waals surface area contributed by atoms with Crippen molar-refractivity contribution in [3.8, 4) is 34.1 Å². The molecule has 200 valence electrons. The number of phenols is 1. The van der Waals surface area contributed by atoms with E-state index in [-0.39, 0.29) is 35.1 Å². The molecular weight excluding hydrogens is 490 g/mol. The Morgan fingerprint density at radius 1 is 1.08 bits per heavy atom. The number of pyridine rings is 1. The molecule has 6 rings (SSSR count). The van der Waals surface area contributed by atoms with Crippen LogP contribution >= 0.6 is 0 Å². The number of benzene rings is 1. The van der Waals surface area contributed by atoms with Crippen molar-refractivity contribution in [3.63, 3.8) is 0 Å². The SMILES string of the molecule is COc1ncc(-c2ccc(-c3ncc(N(C4CC4)[C@H]4C[C@]5(C)CCC[C@@](C)(N5)[C@H]4F)nn3)c(O)c2)cc1F. The van der Waals surface area contributed by atoms with E-state index in [1.54, 1.807) is 18.3 Å².